The van der Waals surface area contributed by atoms with Crippen LogP contribution in [0.15, 0.2) is 54.9 Å². The Labute approximate surface area is 204 Å². The van der Waals surface area contributed by atoms with Gasteiger partial charge in [-0.15, -0.1) is 0 Å². The van der Waals surface area contributed by atoms with Crippen molar-refractivity contribution in [2.75, 3.05) is 5.32 Å². The van der Waals surface area contributed by atoms with Crippen LogP contribution in [-0.4, -0.2) is 37.4 Å². The van der Waals surface area contributed by atoms with E-state index in [4.69, 9.17) is 0 Å². The van der Waals surface area contributed by atoms with E-state index in [2.05, 4.69) is 25.8 Å². The number of hydrogen-bond donors (Lipinski definition) is 3. The second-order valence-corrected chi connectivity index (χ2v) is 9.30. The van der Waals surface area contributed by atoms with Crippen molar-refractivity contribution in [2.24, 2.45) is 5.92 Å². The Morgan fingerprint density at radius 1 is 1.06 bits per heavy atom. The number of fused-ring (bicyclic) bond motifs is 1. The minimum atomic E-state index is -0.616. The maximum atomic E-state index is 13.4. The van der Waals surface area contributed by atoms with Gasteiger partial charge in [-0.2, -0.15) is 5.10 Å². The summed E-state index contributed by atoms with van der Waals surface area (Å²) >= 11 is 0. The second-order valence-electron chi connectivity index (χ2n) is 9.30. The van der Waals surface area contributed by atoms with Gasteiger partial charge in [0.15, 0.2) is 0 Å². The third-order valence-electron chi connectivity index (χ3n) is 6.91. The first kappa shape index (κ1) is 22.8. The van der Waals surface area contributed by atoms with Gasteiger partial charge in [0.25, 0.3) is 5.91 Å². The fraction of sp³-hybridized carbons (Fsp3) is 0.333. The van der Waals surface area contributed by atoms with Gasteiger partial charge in [0.05, 0.1) is 11.9 Å². The molecule has 0 bridgehead atoms. The molecule has 3 heterocycles. The van der Waals surface area contributed by atoms with E-state index in [0.29, 0.717) is 17.0 Å². The Hall–Kier alpha value is -3.94. The Bertz CT molecular complexity index is 1330. The molecule has 180 valence electrons. The summed E-state index contributed by atoms with van der Waals surface area (Å²) in [4.78, 5) is 31.0. The lowest BCUT2D eigenvalue weighted by Crippen LogP contribution is -2.49. The van der Waals surface area contributed by atoms with E-state index in [1.54, 1.807) is 16.8 Å². The van der Waals surface area contributed by atoms with Crippen LogP contribution in [0.2, 0.25) is 0 Å². The van der Waals surface area contributed by atoms with Crippen molar-refractivity contribution in [1.29, 1.82) is 0 Å². The van der Waals surface area contributed by atoms with Gasteiger partial charge >= 0.3 is 0 Å². The standard InChI is InChI=1S/C27H30N6O2/c1-17-24(18(2)32-31-17)19-11-13-21(14-12-19)29-27(35)25(20-8-4-3-5-9-20)30-26(34)22-16-28-23-10-6-7-15-33(22)23/h6-7,10-16,20,25H,3-5,8-9H2,1-2H3,(H,29,35)(H,30,34)(H,31,32)/t25-/m0/s1. The van der Waals surface area contributed by atoms with Crippen molar-refractivity contribution in [3.05, 3.63) is 71.9 Å². The van der Waals surface area contributed by atoms with Gasteiger partial charge < -0.3 is 10.6 Å². The van der Waals surface area contributed by atoms with E-state index in [1.165, 1.54) is 6.42 Å². The van der Waals surface area contributed by atoms with Crippen molar-refractivity contribution in [3.8, 4) is 11.1 Å². The number of carbonyl (C=O) groups excluding carboxylic acids is 2. The summed E-state index contributed by atoms with van der Waals surface area (Å²) in [5.74, 6) is -0.388. The number of aromatic nitrogens is 4. The van der Waals surface area contributed by atoms with E-state index < -0.39 is 6.04 Å². The van der Waals surface area contributed by atoms with Crippen molar-refractivity contribution < 1.29 is 9.59 Å². The molecule has 8 heteroatoms. The molecule has 4 aromatic rings. The molecular formula is C27H30N6O2. The normalized spacial score (nSPS) is 15.1. The molecule has 1 saturated carbocycles. The zero-order valence-electron chi connectivity index (χ0n) is 20.0. The summed E-state index contributed by atoms with van der Waals surface area (Å²) in [6.45, 7) is 3.96. The minimum Gasteiger partial charge on any atom is -0.339 e. The largest absolute Gasteiger partial charge is 0.339 e. The molecule has 0 unspecified atom stereocenters. The summed E-state index contributed by atoms with van der Waals surface area (Å²) in [6, 6.07) is 12.7. The van der Waals surface area contributed by atoms with Crippen LogP contribution in [0.1, 0.15) is 54.0 Å². The van der Waals surface area contributed by atoms with Gasteiger partial charge in [0.1, 0.15) is 17.4 Å². The molecule has 1 aliphatic rings. The number of H-pyrrole nitrogens is 1. The van der Waals surface area contributed by atoms with E-state index in [0.717, 1.165) is 48.2 Å². The number of pyridine rings is 1. The number of nitrogens with one attached hydrogen (secondary N) is 3. The number of imidazole rings is 1. The number of hydrogen-bond acceptors (Lipinski definition) is 4. The van der Waals surface area contributed by atoms with Gasteiger partial charge in [0, 0.05) is 23.1 Å². The van der Waals surface area contributed by atoms with Crippen LogP contribution >= 0.6 is 0 Å². The molecule has 1 atom stereocenters. The Morgan fingerprint density at radius 2 is 1.83 bits per heavy atom. The van der Waals surface area contributed by atoms with E-state index >= 15 is 0 Å². The molecular weight excluding hydrogens is 440 g/mol. The third kappa shape index (κ3) is 4.69. The van der Waals surface area contributed by atoms with Crippen LogP contribution in [0.25, 0.3) is 16.8 Å². The summed E-state index contributed by atoms with van der Waals surface area (Å²) in [5, 5.41) is 13.3. The molecule has 1 fully saturated rings. The summed E-state index contributed by atoms with van der Waals surface area (Å²) in [6.07, 6.45) is 8.50. The molecule has 3 aromatic heterocycles. The molecule has 2 amide bonds. The lowest BCUT2D eigenvalue weighted by molar-refractivity contribution is -0.119. The van der Waals surface area contributed by atoms with Gasteiger partial charge in [-0.3, -0.25) is 19.1 Å². The fourth-order valence-corrected chi connectivity index (χ4v) is 5.10. The quantitative estimate of drug-likeness (QED) is 0.381. The zero-order chi connectivity index (χ0) is 24.4. The number of carbonyl (C=O) groups is 2. The zero-order valence-corrected chi connectivity index (χ0v) is 20.0. The van der Waals surface area contributed by atoms with Gasteiger partial charge in [-0.1, -0.05) is 37.5 Å². The minimum absolute atomic E-state index is 0.0994. The van der Waals surface area contributed by atoms with Gasteiger partial charge in [0.2, 0.25) is 5.91 Å². The summed E-state index contributed by atoms with van der Waals surface area (Å²) < 4.78 is 1.74. The molecule has 5 rings (SSSR count). The Balaban J connectivity index is 1.35. The van der Waals surface area contributed by atoms with Crippen molar-refractivity contribution in [2.45, 2.75) is 52.0 Å². The van der Waals surface area contributed by atoms with E-state index in [1.807, 2.05) is 56.3 Å². The van der Waals surface area contributed by atoms with Gasteiger partial charge in [-0.05, 0) is 62.4 Å². The molecule has 35 heavy (non-hydrogen) atoms. The highest BCUT2D eigenvalue weighted by Gasteiger charge is 2.32. The molecule has 8 nitrogen and oxygen atoms in total. The molecule has 1 aromatic carbocycles. The highest BCUT2D eigenvalue weighted by molar-refractivity contribution is 6.01. The highest BCUT2D eigenvalue weighted by Crippen LogP contribution is 2.29. The number of nitrogens with zero attached hydrogens (tertiary/aromatic N) is 3. The molecule has 0 spiro atoms. The predicted octanol–water partition coefficient (Wildman–Crippen LogP) is 4.66. The number of anilines is 1. The third-order valence-corrected chi connectivity index (χ3v) is 6.91. The summed E-state index contributed by atoms with van der Waals surface area (Å²) in [7, 11) is 0. The van der Waals surface area contributed by atoms with Crippen molar-refractivity contribution in [3.63, 3.8) is 0 Å². The smallest absolute Gasteiger partial charge is 0.270 e. The molecule has 1 aliphatic carbocycles. The topological polar surface area (TPSA) is 104 Å². The monoisotopic (exact) mass is 470 g/mol. The van der Waals surface area contributed by atoms with Crippen LogP contribution in [0.3, 0.4) is 0 Å². The first-order chi connectivity index (χ1) is 17.0. The fourth-order valence-electron chi connectivity index (χ4n) is 5.10. The number of rotatable bonds is 6. The average Bonchev–Trinajstić information content (AvgIpc) is 3.46. The molecule has 0 saturated heterocycles. The molecule has 3 N–H and O–H groups in total. The average molecular weight is 471 g/mol. The molecule has 0 aliphatic heterocycles. The lowest BCUT2D eigenvalue weighted by atomic mass is 9.83. The Kier molecular flexibility index (Phi) is 6.35. The SMILES string of the molecule is Cc1n[nH]c(C)c1-c1ccc(NC(=O)[C@@H](NC(=O)c2cnc3ccccn23)C2CCCCC2)cc1. The maximum Gasteiger partial charge on any atom is 0.270 e. The van der Waals surface area contributed by atoms with Crippen LogP contribution in [0, 0.1) is 19.8 Å². The van der Waals surface area contributed by atoms with Crippen molar-refractivity contribution >= 4 is 23.1 Å². The number of aryl methyl sites for hydroxylation is 2. The number of benzene rings is 1. The van der Waals surface area contributed by atoms with E-state index in [9.17, 15) is 9.59 Å². The second kappa shape index (κ2) is 9.74. The first-order valence-electron chi connectivity index (χ1n) is 12.2. The lowest BCUT2D eigenvalue weighted by Gasteiger charge is -2.30. The van der Waals surface area contributed by atoms with Crippen molar-refractivity contribution in [1.82, 2.24) is 24.9 Å². The first-order valence-corrected chi connectivity index (χ1v) is 12.2. The maximum absolute atomic E-state index is 13.4. The predicted molar refractivity (Wildman–Crippen MR) is 135 cm³/mol. The van der Waals surface area contributed by atoms with Crippen LogP contribution in [0.4, 0.5) is 5.69 Å². The number of amides is 2. The van der Waals surface area contributed by atoms with Crippen LogP contribution < -0.4 is 10.6 Å². The van der Waals surface area contributed by atoms with Crippen LogP contribution in [0.5, 0.6) is 0 Å². The number of aromatic amines is 1. The summed E-state index contributed by atoms with van der Waals surface area (Å²) in [5.41, 5.74) is 5.87. The molecule has 0 radical (unpaired) electrons. The Morgan fingerprint density at radius 3 is 2.54 bits per heavy atom. The highest BCUT2D eigenvalue weighted by atomic mass is 16.2. The van der Waals surface area contributed by atoms with Gasteiger partial charge in [-0.25, -0.2) is 4.98 Å². The van der Waals surface area contributed by atoms with Crippen LogP contribution in [-0.2, 0) is 4.79 Å². The van der Waals surface area contributed by atoms with E-state index in [-0.39, 0.29) is 17.7 Å².